The number of rotatable bonds is 7. The van der Waals surface area contributed by atoms with E-state index in [-0.39, 0.29) is 0 Å². The minimum atomic E-state index is 0.745. The Morgan fingerprint density at radius 1 is 1.38 bits per heavy atom. The summed E-state index contributed by atoms with van der Waals surface area (Å²) in [5.41, 5.74) is 0. The second-order valence-corrected chi connectivity index (χ2v) is 3.76. The predicted molar refractivity (Wildman–Crippen MR) is 55.0 cm³/mol. The van der Waals surface area contributed by atoms with Crippen molar-refractivity contribution in [1.82, 2.24) is 10.2 Å². The fourth-order valence-electron chi connectivity index (χ4n) is 1.32. The van der Waals surface area contributed by atoms with Gasteiger partial charge < -0.3 is 10.1 Å². The molecular weight excluding hydrogens is 164 g/mol. The molecule has 1 aliphatic heterocycles. The third-order valence-corrected chi connectivity index (χ3v) is 2.61. The molecule has 0 radical (unpaired) electrons. The van der Waals surface area contributed by atoms with E-state index in [2.05, 4.69) is 24.2 Å². The van der Waals surface area contributed by atoms with E-state index < -0.39 is 0 Å². The van der Waals surface area contributed by atoms with Crippen LogP contribution in [0.4, 0.5) is 0 Å². The average molecular weight is 186 g/mol. The number of ether oxygens (including phenoxy) is 1. The minimum Gasteiger partial charge on any atom is -0.380 e. The molecule has 13 heavy (non-hydrogen) atoms. The zero-order valence-electron chi connectivity index (χ0n) is 8.88. The van der Waals surface area contributed by atoms with Gasteiger partial charge in [0.2, 0.25) is 0 Å². The summed E-state index contributed by atoms with van der Waals surface area (Å²) in [4.78, 5) is 2.38. The van der Waals surface area contributed by atoms with E-state index in [1.807, 2.05) is 0 Å². The fraction of sp³-hybridized carbons (Fsp3) is 1.00. The first-order valence-corrected chi connectivity index (χ1v) is 5.33. The molecule has 1 N–H and O–H groups in total. The molecule has 0 bridgehead atoms. The van der Waals surface area contributed by atoms with Crippen LogP contribution in [-0.4, -0.2) is 50.8 Å². The van der Waals surface area contributed by atoms with E-state index in [0.29, 0.717) is 0 Å². The molecule has 0 atom stereocenters. The van der Waals surface area contributed by atoms with E-state index in [1.54, 1.807) is 0 Å². The smallest absolute Gasteiger partial charge is 0.0593 e. The largest absolute Gasteiger partial charge is 0.380 e. The molecule has 1 fully saturated rings. The summed E-state index contributed by atoms with van der Waals surface area (Å²) in [6.45, 7) is 7.35. The number of unbranched alkanes of at least 4 members (excludes halogenated alkanes) is 1. The van der Waals surface area contributed by atoms with Crippen molar-refractivity contribution in [2.24, 2.45) is 0 Å². The van der Waals surface area contributed by atoms with Crippen molar-refractivity contribution in [3.05, 3.63) is 0 Å². The zero-order valence-corrected chi connectivity index (χ0v) is 8.88. The number of nitrogens with zero attached hydrogens (tertiary/aromatic N) is 1. The molecule has 78 valence electrons. The van der Waals surface area contributed by atoms with Crippen LogP contribution in [0, 0.1) is 0 Å². The van der Waals surface area contributed by atoms with Gasteiger partial charge >= 0.3 is 0 Å². The van der Waals surface area contributed by atoms with Gasteiger partial charge in [0.15, 0.2) is 0 Å². The Labute approximate surface area is 81.4 Å². The average Bonchev–Trinajstić information content (AvgIpc) is 2.01. The quantitative estimate of drug-likeness (QED) is 0.593. The summed E-state index contributed by atoms with van der Waals surface area (Å²) >= 11 is 0. The Hall–Kier alpha value is -0.120. The highest BCUT2D eigenvalue weighted by atomic mass is 16.5. The zero-order chi connectivity index (χ0) is 9.52. The standard InChI is InChI=1S/C10H22N2O/c1-3-4-6-13-7-5-12(2)10-8-11-9-10/h10-11H,3-9H2,1-2H3. The highest BCUT2D eigenvalue weighted by Gasteiger charge is 2.20. The first kappa shape index (κ1) is 11.0. The van der Waals surface area contributed by atoms with Crippen molar-refractivity contribution < 1.29 is 4.74 Å². The topological polar surface area (TPSA) is 24.5 Å². The number of hydrogen-bond acceptors (Lipinski definition) is 3. The van der Waals surface area contributed by atoms with Crippen molar-refractivity contribution in [1.29, 1.82) is 0 Å². The normalized spacial score (nSPS) is 17.8. The maximum Gasteiger partial charge on any atom is 0.0593 e. The lowest BCUT2D eigenvalue weighted by Crippen LogP contribution is -2.56. The van der Waals surface area contributed by atoms with Gasteiger partial charge in [-0.1, -0.05) is 13.3 Å². The van der Waals surface area contributed by atoms with Gasteiger partial charge in [0.1, 0.15) is 0 Å². The Kier molecular flexibility index (Phi) is 5.35. The monoisotopic (exact) mass is 186 g/mol. The van der Waals surface area contributed by atoms with Crippen molar-refractivity contribution in [3.63, 3.8) is 0 Å². The van der Waals surface area contributed by atoms with Crippen LogP contribution in [0.15, 0.2) is 0 Å². The van der Waals surface area contributed by atoms with E-state index >= 15 is 0 Å². The van der Waals surface area contributed by atoms with Crippen LogP contribution >= 0.6 is 0 Å². The summed E-state index contributed by atoms with van der Waals surface area (Å²) < 4.78 is 5.50. The Bertz CT molecular complexity index is 126. The Morgan fingerprint density at radius 3 is 2.69 bits per heavy atom. The lowest BCUT2D eigenvalue weighted by molar-refractivity contribution is 0.0850. The Balaban J connectivity index is 1.86. The van der Waals surface area contributed by atoms with Crippen LogP contribution in [-0.2, 0) is 4.74 Å². The molecular formula is C10H22N2O. The summed E-state index contributed by atoms with van der Waals surface area (Å²) in [5.74, 6) is 0. The van der Waals surface area contributed by atoms with Crippen molar-refractivity contribution in [2.75, 3.05) is 39.9 Å². The van der Waals surface area contributed by atoms with Gasteiger partial charge in [-0.25, -0.2) is 0 Å². The summed E-state index contributed by atoms with van der Waals surface area (Å²) in [7, 11) is 2.18. The molecule has 1 saturated heterocycles. The second-order valence-electron chi connectivity index (χ2n) is 3.76. The maximum absolute atomic E-state index is 5.50. The van der Waals surface area contributed by atoms with Crippen LogP contribution in [0.25, 0.3) is 0 Å². The molecule has 0 aromatic rings. The second kappa shape index (κ2) is 6.35. The molecule has 0 aromatic carbocycles. The number of hydrogen-bond donors (Lipinski definition) is 1. The lowest BCUT2D eigenvalue weighted by atomic mass is 10.1. The van der Waals surface area contributed by atoms with Crippen LogP contribution in [0.1, 0.15) is 19.8 Å². The van der Waals surface area contributed by atoms with Gasteiger partial charge in [0.25, 0.3) is 0 Å². The van der Waals surface area contributed by atoms with Crippen molar-refractivity contribution >= 4 is 0 Å². The third kappa shape index (κ3) is 4.07. The molecule has 0 spiro atoms. The van der Waals surface area contributed by atoms with E-state index in [4.69, 9.17) is 4.74 Å². The van der Waals surface area contributed by atoms with Gasteiger partial charge in [-0.15, -0.1) is 0 Å². The van der Waals surface area contributed by atoms with Crippen molar-refractivity contribution in [3.8, 4) is 0 Å². The minimum absolute atomic E-state index is 0.745. The van der Waals surface area contributed by atoms with Crippen LogP contribution in [0.5, 0.6) is 0 Å². The molecule has 3 heteroatoms. The highest BCUT2D eigenvalue weighted by Crippen LogP contribution is 2.00. The molecule has 1 heterocycles. The molecule has 0 aromatic heterocycles. The van der Waals surface area contributed by atoms with Gasteiger partial charge in [0.05, 0.1) is 6.61 Å². The van der Waals surface area contributed by atoms with Gasteiger partial charge in [-0.2, -0.15) is 0 Å². The van der Waals surface area contributed by atoms with E-state index in [0.717, 1.165) is 38.9 Å². The first-order chi connectivity index (χ1) is 6.34. The van der Waals surface area contributed by atoms with Crippen LogP contribution in [0.2, 0.25) is 0 Å². The molecule has 1 aliphatic rings. The molecule has 0 saturated carbocycles. The third-order valence-electron chi connectivity index (χ3n) is 2.61. The predicted octanol–water partition coefficient (Wildman–Crippen LogP) is 0.707. The summed E-state index contributed by atoms with van der Waals surface area (Å²) in [6, 6.07) is 0.745. The fourth-order valence-corrected chi connectivity index (χ4v) is 1.32. The maximum atomic E-state index is 5.50. The number of likely N-dealkylation sites (N-methyl/N-ethyl adjacent to an activating group) is 1. The molecule has 0 aliphatic carbocycles. The lowest BCUT2D eigenvalue weighted by Gasteiger charge is -2.35. The first-order valence-electron chi connectivity index (χ1n) is 5.33. The molecule has 0 unspecified atom stereocenters. The highest BCUT2D eigenvalue weighted by molar-refractivity contribution is 4.82. The van der Waals surface area contributed by atoms with Crippen LogP contribution in [0.3, 0.4) is 0 Å². The van der Waals surface area contributed by atoms with Crippen molar-refractivity contribution in [2.45, 2.75) is 25.8 Å². The Morgan fingerprint density at radius 2 is 2.15 bits per heavy atom. The summed E-state index contributed by atoms with van der Waals surface area (Å²) in [5, 5.41) is 3.27. The van der Waals surface area contributed by atoms with Gasteiger partial charge in [-0.05, 0) is 13.5 Å². The van der Waals surface area contributed by atoms with Crippen LogP contribution < -0.4 is 5.32 Å². The molecule has 0 amide bonds. The van der Waals surface area contributed by atoms with E-state index in [1.165, 1.54) is 12.8 Å². The van der Waals surface area contributed by atoms with E-state index in [9.17, 15) is 0 Å². The van der Waals surface area contributed by atoms with Gasteiger partial charge in [-0.3, -0.25) is 4.90 Å². The SMILES string of the molecule is CCCCOCCN(C)C1CNC1. The molecule has 1 rings (SSSR count). The molecule has 3 nitrogen and oxygen atoms in total. The summed E-state index contributed by atoms with van der Waals surface area (Å²) in [6.07, 6.45) is 2.41. The number of nitrogens with one attached hydrogen (secondary N) is 1. The van der Waals surface area contributed by atoms with Gasteiger partial charge in [0, 0.05) is 32.3 Å².